The van der Waals surface area contributed by atoms with Crippen LogP contribution < -0.4 is 10.2 Å². The van der Waals surface area contributed by atoms with Crippen molar-refractivity contribution in [1.82, 2.24) is 5.32 Å². The number of anilines is 1. The lowest BCUT2D eigenvalue weighted by Gasteiger charge is -2.20. The Hall–Kier alpha value is -2.40. The van der Waals surface area contributed by atoms with Gasteiger partial charge in [0.25, 0.3) is 5.91 Å². The van der Waals surface area contributed by atoms with Crippen molar-refractivity contribution >= 4 is 11.6 Å². The normalized spacial score (nSPS) is 22.1. The first-order valence-electron chi connectivity index (χ1n) is 8.75. The summed E-state index contributed by atoms with van der Waals surface area (Å²) in [5.41, 5.74) is 2.80. The quantitative estimate of drug-likeness (QED) is 0.903. The van der Waals surface area contributed by atoms with Gasteiger partial charge in [0.2, 0.25) is 0 Å². The second kappa shape index (κ2) is 6.48. The lowest BCUT2D eigenvalue weighted by atomic mass is 10.1. The molecule has 1 aliphatic carbocycles. The van der Waals surface area contributed by atoms with E-state index in [1.807, 2.05) is 29.2 Å². The molecule has 130 valence electrons. The third-order valence-electron chi connectivity index (χ3n) is 5.15. The molecule has 1 heterocycles. The molecule has 1 saturated heterocycles. The van der Waals surface area contributed by atoms with Gasteiger partial charge in [-0.05, 0) is 42.2 Å². The number of aliphatic hydroxyl groups is 1. The van der Waals surface area contributed by atoms with Crippen molar-refractivity contribution in [3.8, 4) is 0 Å². The van der Waals surface area contributed by atoms with Gasteiger partial charge in [-0.15, -0.1) is 0 Å². The van der Waals surface area contributed by atoms with Crippen molar-refractivity contribution in [3.63, 3.8) is 0 Å². The molecule has 2 aromatic rings. The summed E-state index contributed by atoms with van der Waals surface area (Å²) in [5, 5.41) is 13.1. The molecular weight excluding hydrogens is 319 g/mol. The molecule has 2 unspecified atom stereocenters. The number of aliphatic hydroxyl groups excluding tert-OH is 1. The second-order valence-electron chi connectivity index (χ2n) is 6.78. The van der Waals surface area contributed by atoms with Crippen molar-refractivity contribution in [3.05, 3.63) is 65.0 Å². The van der Waals surface area contributed by atoms with Crippen LogP contribution in [0.25, 0.3) is 0 Å². The molecule has 0 spiro atoms. The number of carbonyl (C=O) groups excluding carboxylic acids is 1. The first-order chi connectivity index (χ1) is 12.1. The van der Waals surface area contributed by atoms with Gasteiger partial charge in [0, 0.05) is 25.1 Å². The van der Waals surface area contributed by atoms with Crippen LogP contribution in [0, 0.1) is 5.82 Å². The zero-order valence-electron chi connectivity index (χ0n) is 13.9. The summed E-state index contributed by atoms with van der Waals surface area (Å²) in [6, 6.07) is 11.8. The van der Waals surface area contributed by atoms with E-state index in [2.05, 4.69) is 5.32 Å². The first-order valence-corrected chi connectivity index (χ1v) is 8.75. The van der Waals surface area contributed by atoms with Gasteiger partial charge < -0.3 is 15.3 Å². The highest BCUT2D eigenvalue weighted by molar-refractivity contribution is 5.95. The van der Waals surface area contributed by atoms with Crippen molar-refractivity contribution in [2.75, 3.05) is 18.0 Å². The minimum absolute atomic E-state index is 0.275. The van der Waals surface area contributed by atoms with Crippen LogP contribution in [0.15, 0.2) is 42.5 Å². The second-order valence-corrected chi connectivity index (χ2v) is 6.78. The van der Waals surface area contributed by atoms with E-state index in [0.717, 1.165) is 37.1 Å². The molecule has 2 atom stereocenters. The number of halogens is 1. The fraction of sp³-hybridized carbons (Fsp3) is 0.350. The Kier molecular flexibility index (Phi) is 4.17. The molecule has 25 heavy (non-hydrogen) atoms. The van der Waals surface area contributed by atoms with E-state index in [4.69, 9.17) is 0 Å². The summed E-state index contributed by atoms with van der Waals surface area (Å²) in [6.45, 7) is 1.71. The number of rotatable bonds is 3. The topological polar surface area (TPSA) is 52.6 Å². The lowest BCUT2D eigenvalue weighted by molar-refractivity contribution is 0.0858. The van der Waals surface area contributed by atoms with Crippen LogP contribution in [-0.2, 0) is 6.42 Å². The van der Waals surface area contributed by atoms with E-state index in [1.54, 1.807) is 12.1 Å². The van der Waals surface area contributed by atoms with Gasteiger partial charge in [-0.1, -0.05) is 24.3 Å². The van der Waals surface area contributed by atoms with E-state index < -0.39 is 12.1 Å². The Bertz CT molecular complexity index is 802. The molecule has 1 fully saturated rings. The summed E-state index contributed by atoms with van der Waals surface area (Å²) in [5.74, 6) is -0.741. The summed E-state index contributed by atoms with van der Waals surface area (Å²) < 4.78 is 14.4. The van der Waals surface area contributed by atoms with Crippen LogP contribution in [0.2, 0.25) is 0 Å². The van der Waals surface area contributed by atoms with E-state index in [1.165, 1.54) is 6.07 Å². The summed E-state index contributed by atoms with van der Waals surface area (Å²) in [7, 11) is 0. The minimum atomic E-state index is -0.657. The third-order valence-corrected chi connectivity index (χ3v) is 5.15. The summed E-state index contributed by atoms with van der Waals surface area (Å²) in [6.07, 6.45) is 2.00. The van der Waals surface area contributed by atoms with Crippen LogP contribution in [0.4, 0.5) is 10.1 Å². The third kappa shape index (κ3) is 3.00. The Balaban J connectivity index is 1.52. The number of amides is 1. The fourth-order valence-corrected chi connectivity index (χ4v) is 3.84. The molecule has 0 saturated carbocycles. The molecule has 1 amide bonds. The van der Waals surface area contributed by atoms with Crippen molar-refractivity contribution in [2.24, 2.45) is 0 Å². The maximum atomic E-state index is 14.4. The number of carbonyl (C=O) groups is 1. The molecular formula is C20H21FN2O2. The van der Waals surface area contributed by atoms with E-state index in [0.29, 0.717) is 12.1 Å². The molecule has 2 N–H and O–H groups in total. The van der Waals surface area contributed by atoms with Crippen LogP contribution in [-0.4, -0.2) is 30.2 Å². The fourth-order valence-electron chi connectivity index (χ4n) is 3.84. The van der Waals surface area contributed by atoms with Crippen molar-refractivity contribution < 1.29 is 14.3 Å². The maximum absolute atomic E-state index is 14.4. The Morgan fingerprint density at radius 2 is 1.92 bits per heavy atom. The molecule has 4 rings (SSSR count). The van der Waals surface area contributed by atoms with Gasteiger partial charge in [0.15, 0.2) is 0 Å². The molecule has 2 aromatic carbocycles. The van der Waals surface area contributed by atoms with Crippen LogP contribution in [0.3, 0.4) is 0 Å². The number of nitrogens with zero attached hydrogens (tertiary/aromatic N) is 1. The Morgan fingerprint density at radius 3 is 2.68 bits per heavy atom. The molecule has 5 heteroatoms. The highest BCUT2D eigenvalue weighted by Crippen LogP contribution is 2.31. The van der Waals surface area contributed by atoms with Crippen LogP contribution in [0.5, 0.6) is 0 Å². The molecule has 1 aliphatic heterocycles. The SMILES string of the molecule is O=C(NC1c2ccccc2CC1O)c1ccc(N2CCCC2)c(F)c1. The molecule has 4 nitrogen and oxygen atoms in total. The zero-order valence-corrected chi connectivity index (χ0v) is 13.9. The van der Waals surface area contributed by atoms with Crippen LogP contribution >= 0.6 is 0 Å². The van der Waals surface area contributed by atoms with Gasteiger partial charge in [0.05, 0.1) is 17.8 Å². The van der Waals surface area contributed by atoms with Gasteiger partial charge in [0.1, 0.15) is 5.82 Å². The predicted octanol–water partition coefficient (Wildman–Crippen LogP) is 2.81. The average Bonchev–Trinajstić information content (AvgIpc) is 3.23. The molecule has 0 radical (unpaired) electrons. The zero-order chi connectivity index (χ0) is 17.4. The standard InChI is InChI=1S/C20H21FN2O2/c21-16-11-14(7-8-17(16)23-9-3-4-10-23)20(25)22-19-15-6-2-1-5-13(15)12-18(19)24/h1-2,5-8,11,18-19,24H,3-4,9-10,12H2,(H,22,25). The minimum Gasteiger partial charge on any atom is -0.390 e. The van der Waals surface area contributed by atoms with Crippen molar-refractivity contribution in [1.29, 1.82) is 0 Å². The lowest BCUT2D eigenvalue weighted by Crippen LogP contribution is -2.34. The van der Waals surface area contributed by atoms with Gasteiger partial charge in [-0.25, -0.2) is 4.39 Å². The highest BCUT2D eigenvalue weighted by Gasteiger charge is 2.32. The van der Waals surface area contributed by atoms with Crippen molar-refractivity contribution in [2.45, 2.75) is 31.4 Å². The number of benzene rings is 2. The van der Waals surface area contributed by atoms with E-state index >= 15 is 0 Å². The average molecular weight is 340 g/mol. The molecule has 2 aliphatic rings. The summed E-state index contributed by atoms with van der Waals surface area (Å²) in [4.78, 5) is 14.5. The Morgan fingerprint density at radius 1 is 1.16 bits per heavy atom. The molecule has 0 aromatic heterocycles. The number of hydrogen-bond acceptors (Lipinski definition) is 3. The van der Waals surface area contributed by atoms with E-state index in [-0.39, 0.29) is 17.3 Å². The Labute approximate surface area is 146 Å². The van der Waals surface area contributed by atoms with Gasteiger partial charge in [-0.3, -0.25) is 4.79 Å². The highest BCUT2D eigenvalue weighted by atomic mass is 19.1. The van der Waals surface area contributed by atoms with E-state index in [9.17, 15) is 14.3 Å². The number of nitrogens with one attached hydrogen (secondary N) is 1. The smallest absolute Gasteiger partial charge is 0.251 e. The maximum Gasteiger partial charge on any atom is 0.251 e. The predicted molar refractivity (Wildman–Crippen MR) is 94.2 cm³/mol. The summed E-state index contributed by atoms with van der Waals surface area (Å²) >= 11 is 0. The number of fused-ring (bicyclic) bond motifs is 1. The van der Waals surface area contributed by atoms with Crippen LogP contribution in [0.1, 0.15) is 40.4 Å². The monoisotopic (exact) mass is 340 g/mol. The number of hydrogen-bond donors (Lipinski definition) is 2. The van der Waals surface area contributed by atoms with Gasteiger partial charge >= 0.3 is 0 Å². The largest absolute Gasteiger partial charge is 0.390 e. The van der Waals surface area contributed by atoms with Gasteiger partial charge in [-0.2, -0.15) is 0 Å². The first kappa shape index (κ1) is 16.1. The molecule has 0 bridgehead atoms.